The minimum atomic E-state index is -0.501. The molecule has 6 heteroatoms. The van der Waals surface area contributed by atoms with Crippen molar-refractivity contribution in [1.29, 1.82) is 0 Å². The Morgan fingerprint density at radius 1 is 1.58 bits per heavy atom. The van der Waals surface area contributed by atoms with Crippen LogP contribution in [0.2, 0.25) is 0 Å². The summed E-state index contributed by atoms with van der Waals surface area (Å²) in [4.78, 5) is 12.5. The molecule has 1 aromatic heterocycles. The number of nitro groups is 1. The van der Waals surface area contributed by atoms with Gasteiger partial charge in [-0.05, 0) is 19.4 Å². The van der Waals surface area contributed by atoms with E-state index in [4.69, 9.17) is 4.42 Å². The first kappa shape index (κ1) is 13.8. The zero-order valence-corrected chi connectivity index (χ0v) is 11.1. The third-order valence-electron chi connectivity index (χ3n) is 3.26. The largest absolute Gasteiger partial charge is 0.433 e. The highest BCUT2D eigenvalue weighted by Gasteiger charge is 2.26. The summed E-state index contributed by atoms with van der Waals surface area (Å²) < 4.78 is 5.36. The monoisotopic (exact) mass is 265 g/mol. The molecule has 0 aromatic carbocycles. The molecule has 1 aliphatic heterocycles. The molecule has 2 rings (SSSR count). The van der Waals surface area contributed by atoms with E-state index < -0.39 is 4.92 Å². The van der Waals surface area contributed by atoms with Gasteiger partial charge in [-0.1, -0.05) is 5.57 Å². The summed E-state index contributed by atoms with van der Waals surface area (Å²) >= 11 is 0. The molecule has 0 bridgehead atoms. The molecule has 0 saturated carbocycles. The van der Waals surface area contributed by atoms with Crippen molar-refractivity contribution < 1.29 is 9.34 Å². The summed E-state index contributed by atoms with van der Waals surface area (Å²) in [6, 6.07) is 3.16. The van der Waals surface area contributed by atoms with Gasteiger partial charge in [0.1, 0.15) is 10.7 Å². The van der Waals surface area contributed by atoms with Crippen LogP contribution in [-0.4, -0.2) is 36.0 Å². The Hall–Kier alpha value is -1.66. The quantitative estimate of drug-likeness (QED) is 0.501. The zero-order chi connectivity index (χ0) is 13.8. The molecule has 1 atom stereocenters. The summed E-state index contributed by atoms with van der Waals surface area (Å²) in [6.45, 7) is 9.57. The minimum Gasteiger partial charge on any atom is -0.404 e. The molecule has 6 nitrogen and oxygen atoms in total. The molecule has 19 heavy (non-hydrogen) atoms. The Morgan fingerprint density at radius 3 is 2.79 bits per heavy atom. The van der Waals surface area contributed by atoms with E-state index in [0.29, 0.717) is 5.76 Å². The molecule has 1 aliphatic rings. The van der Waals surface area contributed by atoms with E-state index in [1.54, 1.807) is 6.07 Å². The van der Waals surface area contributed by atoms with Gasteiger partial charge in [-0.25, -0.2) is 0 Å². The van der Waals surface area contributed by atoms with E-state index in [9.17, 15) is 10.1 Å². The smallest absolute Gasteiger partial charge is 0.404 e. The molecule has 1 aromatic rings. The van der Waals surface area contributed by atoms with E-state index in [1.807, 2.05) is 6.92 Å². The molecule has 2 heterocycles. The van der Waals surface area contributed by atoms with E-state index in [0.717, 1.165) is 38.2 Å². The number of rotatable bonds is 5. The van der Waals surface area contributed by atoms with Crippen LogP contribution in [0.3, 0.4) is 0 Å². The average molecular weight is 265 g/mol. The van der Waals surface area contributed by atoms with Crippen molar-refractivity contribution in [3.8, 4) is 0 Å². The number of hydrogen-bond donors (Lipinski definition) is 1. The van der Waals surface area contributed by atoms with Gasteiger partial charge < -0.3 is 9.73 Å². The minimum absolute atomic E-state index is 0.0355. The number of hydrogen-bond acceptors (Lipinski definition) is 5. The molecular weight excluding hydrogens is 246 g/mol. The highest BCUT2D eigenvalue weighted by atomic mass is 16.6. The summed E-state index contributed by atoms with van der Waals surface area (Å²) in [5, 5.41) is 14.0. The van der Waals surface area contributed by atoms with Gasteiger partial charge in [0.2, 0.25) is 0 Å². The van der Waals surface area contributed by atoms with Crippen LogP contribution in [0.5, 0.6) is 0 Å². The Bertz CT molecular complexity index is 463. The fourth-order valence-electron chi connectivity index (χ4n) is 2.35. The van der Waals surface area contributed by atoms with Crippen molar-refractivity contribution in [2.75, 3.05) is 26.2 Å². The second-order valence-electron chi connectivity index (χ2n) is 4.90. The van der Waals surface area contributed by atoms with Crippen LogP contribution in [0.15, 0.2) is 28.7 Å². The lowest BCUT2D eigenvalue weighted by Gasteiger charge is -2.33. The van der Waals surface area contributed by atoms with E-state index in [-0.39, 0.29) is 11.9 Å². The van der Waals surface area contributed by atoms with Crippen LogP contribution in [0.1, 0.15) is 25.1 Å². The maximum atomic E-state index is 10.7. The first-order valence-corrected chi connectivity index (χ1v) is 6.41. The van der Waals surface area contributed by atoms with Gasteiger partial charge in [-0.3, -0.25) is 15.0 Å². The van der Waals surface area contributed by atoms with Gasteiger partial charge in [0, 0.05) is 26.2 Å². The van der Waals surface area contributed by atoms with Crippen LogP contribution in [0.4, 0.5) is 5.88 Å². The van der Waals surface area contributed by atoms with Gasteiger partial charge in [0.25, 0.3) is 0 Å². The Kier molecular flexibility index (Phi) is 4.34. The fourth-order valence-corrected chi connectivity index (χ4v) is 2.35. The van der Waals surface area contributed by atoms with Gasteiger partial charge >= 0.3 is 5.88 Å². The second-order valence-corrected chi connectivity index (χ2v) is 4.90. The molecule has 1 fully saturated rings. The summed E-state index contributed by atoms with van der Waals surface area (Å²) in [6.07, 6.45) is 0.755. The lowest BCUT2D eigenvalue weighted by atomic mass is 10.0. The van der Waals surface area contributed by atoms with Crippen molar-refractivity contribution in [1.82, 2.24) is 10.2 Å². The van der Waals surface area contributed by atoms with Crippen molar-refractivity contribution >= 4 is 5.88 Å². The lowest BCUT2D eigenvalue weighted by molar-refractivity contribution is -0.402. The van der Waals surface area contributed by atoms with Gasteiger partial charge in [-0.15, -0.1) is 6.58 Å². The van der Waals surface area contributed by atoms with Gasteiger partial charge in [-0.2, -0.15) is 0 Å². The van der Waals surface area contributed by atoms with E-state index in [2.05, 4.69) is 16.8 Å². The zero-order valence-electron chi connectivity index (χ0n) is 11.1. The van der Waals surface area contributed by atoms with Crippen molar-refractivity contribution in [2.45, 2.75) is 19.4 Å². The molecule has 1 N–H and O–H groups in total. The summed E-state index contributed by atoms with van der Waals surface area (Å²) in [5.74, 6) is 0.452. The molecule has 0 aliphatic carbocycles. The van der Waals surface area contributed by atoms with E-state index in [1.165, 1.54) is 6.07 Å². The number of piperazine rings is 1. The number of furan rings is 1. The third kappa shape index (κ3) is 3.42. The van der Waals surface area contributed by atoms with Crippen LogP contribution in [0, 0.1) is 10.1 Å². The normalized spacial score (nSPS) is 18.2. The van der Waals surface area contributed by atoms with Crippen molar-refractivity contribution in [3.63, 3.8) is 0 Å². The van der Waals surface area contributed by atoms with E-state index >= 15 is 0 Å². The highest BCUT2D eigenvalue weighted by molar-refractivity contribution is 5.21. The maximum Gasteiger partial charge on any atom is 0.433 e. The Labute approximate surface area is 112 Å². The van der Waals surface area contributed by atoms with Gasteiger partial charge in [0.15, 0.2) is 0 Å². The molecular formula is C13H19N3O3. The predicted molar refractivity (Wildman–Crippen MR) is 72.0 cm³/mol. The predicted octanol–water partition coefficient (Wildman–Crippen LogP) is 2.10. The van der Waals surface area contributed by atoms with Crippen LogP contribution in [-0.2, 0) is 0 Å². The Balaban J connectivity index is 2.19. The van der Waals surface area contributed by atoms with Crippen LogP contribution in [0.25, 0.3) is 0 Å². The summed E-state index contributed by atoms with van der Waals surface area (Å²) in [5.41, 5.74) is 1.04. The molecule has 104 valence electrons. The number of nitrogens with zero attached hydrogens (tertiary/aromatic N) is 2. The topological polar surface area (TPSA) is 71.5 Å². The summed E-state index contributed by atoms with van der Waals surface area (Å²) in [7, 11) is 0. The molecule has 0 unspecified atom stereocenters. The highest BCUT2D eigenvalue weighted by Crippen LogP contribution is 2.30. The second kappa shape index (κ2) is 5.99. The van der Waals surface area contributed by atoms with Crippen molar-refractivity contribution in [2.24, 2.45) is 0 Å². The van der Waals surface area contributed by atoms with Crippen molar-refractivity contribution in [3.05, 3.63) is 40.2 Å². The van der Waals surface area contributed by atoms with Crippen LogP contribution < -0.4 is 5.32 Å². The lowest BCUT2D eigenvalue weighted by Crippen LogP contribution is -2.45. The number of nitrogens with one attached hydrogen (secondary N) is 1. The third-order valence-corrected chi connectivity index (χ3v) is 3.26. The molecule has 1 saturated heterocycles. The van der Waals surface area contributed by atoms with Crippen LogP contribution >= 0.6 is 0 Å². The molecule has 0 amide bonds. The SMILES string of the molecule is C=C(C)C[C@H](c1ccc([N+](=O)[O-])o1)N1CCNCC1. The average Bonchev–Trinajstić information content (AvgIpc) is 2.86. The fraction of sp³-hybridized carbons (Fsp3) is 0.538. The standard InChI is InChI=1S/C13H19N3O3/c1-10(2)9-11(15-7-5-14-6-8-15)12-3-4-13(19-12)16(17)18/h3-4,11,14H,1,5-9H2,2H3/t11-/m1/s1. The first-order chi connectivity index (χ1) is 9.08. The Morgan fingerprint density at radius 2 is 2.26 bits per heavy atom. The molecule has 0 spiro atoms. The molecule has 0 radical (unpaired) electrons. The van der Waals surface area contributed by atoms with Gasteiger partial charge in [0.05, 0.1) is 12.1 Å². The maximum absolute atomic E-state index is 10.7. The first-order valence-electron chi connectivity index (χ1n) is 6.41.